The van der Waals surface area contributed by atoms with Crippen molar-refractivity contribution in [2.75, 3.05) is 50.5 Å². The molecule has 1 fully saturated rings. The lowest BCUT2D eigenvalue weighted by Crippen LogP contribution is -2.46. The number of likely N-dealkylation sites (N-methyl/N-ethyl adjacent to an activating group) is 1. The van der Waals surface area contributed by atoms with Gasteiger partial charge in [0.05, 0.1) is 12.9 Å². The Balaban J connectivity index is 2.14. The first-order chi connectivity index (χ1) is 13.0. The summed E-state index contributed by atoms with van der Waals surface area (Å²) >= 11 is 0. The first-order valence-electron chi connectivity index (χ1n) is 9.47. The molecule has 0 unspecified atom stereocenters. The van der Waals surface area contributed by atoms with Crippen LogP contribution >= 0.6 is 0 Å². The van der Waals surface area contributed by atoms with Gasteiger partial charge in [0.25, 0.3) is 0 Å². The number of rotatable bonds is 6. The first-order valence-corrected chi connectivity index (χ1v) is 11.1. The highest BCUT2D eigenvalue weighted by Gasteiger charge is 2.25. The van der Waals surface area contributed by atoms with Crippen LogP contribution in [0.2, 0.25) is 0 Å². The minimum atomic E-state index is -3.41. The Morgan fingerprint density at radius 1 is 1.00 bits per heavy atom. The SMILES string of the molecule is CCN1CCN(c2cc(-c3ccccc3)c(OC)c(S(=O)(=O)CC)c2)CC1. The molecule has 0 spiro atoms. The van der Waals surface area contributed by atoms with Gasteiger partial charge in [0, 0.05) is 37.4 Å². The van der Waals surface area contributed by atoms with Gasteiger partial charge in [-0.15, -0.1) is 0 Å². The van der Waals surface area contributed by atoms with Crippen LogP contribution in [0.5, 0.6) is 5.75 Å². The van der Waals surface area contributed by atoms with Crippen LogP contribution in [0.4, 0.5) is 5.69 Å². The van der Waals surface area contributed by atoms with Gasteiger partial charge < -0.3 is 14.5 Å². The van der Waals surface area contributed by atoms with Crippen molar-refractivity contribution in [1.82, 2.24) is 4.90 Å². The van der Waals surface area contributed by atoms with E-state index in [0.29, 0.717) is 5.75 Å². The van der Waals surface area contributed by atoms with E-state index in [1.807, 2.05) is 30.3 Å². The monoisotopic (exact) mass is 388 g/mol. The molecule has 2 aromatic carbocycles. The van der Waals surface area contributed by atoms with Gasteiger partial charge in [-0.1, -0.05) is 44.2 Å². The van der Waals surface area contributed by atoms with Crippen molar-refractivity contribution in [2.45, 2.75) is 18.7 Å². The normalized spacial score (nSPS) is 15.7. The number of ether oxygens (including phenoxy) is 1. The predicted octanol–water partition coefficient (Wildman–Crippen LogP) is 3.30. The summed E-state index contributed by atoms with van der Waals surface area (Å²) in [7, 11) is -1.87. The Morgan fingerprint density at radius 2 is 1.67 bits per heavy atom. The van der Waals surface area contributed by atoms with Gasteiger partial charge in [-0.3, -0.25) is 0 Å². The summed E-state index contributed by atoms with van der Waals surface area (Å²) in [5.74, 6) is 0.476. The van der Waals surface area contributed by atoms with Crippen LogP contribution in [0.15, 0.2) is 47.4 Å². The van der Waals surface area contributed by atoms with Crippen LogP contribution in [0.25, 0.3) is 11.1 Å². The summed E-state index contributed by atoms with van der Waals surface area (Å²) in [6, 6.07) is 13.7. The second-order valence-electron chi connectivity index (χ2n) is 6.72. The van der Waals surface area contributed by atoms with Crippen molar-refractivity contribution >= 4 is 15.5 Å². The van der Waals surface area contributed by atoms with Crippen LogP contribution in [0, 0.1) is 0 Å². The molecule has 0 N–H and O–H groups in total. The van der Waals surface area contributed by atoms with E-state index < -0.39 is 9.84 Å². The van der Waals surface area contributed by atoms with Gasteiger partial charge in [0.2, 0.25) is 0 Å². The smallest absolute Gasteiger partial charge is 0.181 e. The highest BCUT2D eigenvalue weighted by atomic mass is 32.2. The molecule has 5 nitrogen and oxygen atoms in total. The van der Waals surface area contributed by atoms with Gasteiger partial charge >= 0.3 is 0 Å². The van der Waals surface area contributed by atoms with E-state index in [9.17, 15) is 8.42 Å². The zero-order valence-electron chi connectivity index (χ0n) is 16.3. The predicted molar refractivity (Wildman–Crippen MR) is 110 cm³/mol. The van der Waals surface area contributed by atoms with Crippen LogP contribution < -0.4 is 9.64 Å². The molecule has 0 bridgehead atoms. The lowest BCUT2D eigenvalue weighted by Gasteiger charge is -2.36. The maximum absolute atomic E-state index is 12.8. The Labute approximate surface area is 162 Å². The molecule has 2 aromatic rings. The third-order valence-electron chi connectivity index (χ3n) is 5.23. The van der Waals surface area contributed by atoms with Crippen LogP contribution in [-0.4, -0.2) is 58.9 Å². The molecule has 0 saturated carbocycles. The minimum Gasteiger partial charge on any atom is -0.495 e. The molecule has 0 aromatic heterocycles. The third kappa shape index (κ3) is 4.12. The van der Waals surface area contributed by atoms with Crippen LogP contribution in [0.3, 0.4) is 0 Å². The molecule has 146 valence electrons. The van der Waals surface area contributed by atoms with E-state index in [1.165, 1.54) is 7.11 Å². The number of sulfone groups is 1. The van der Waals surface area contributed by atoms with Crippen molar-refractivity contribution in [1.29, 1.82) is 0 Å². The fourth-order valence-electron chi connectivity index (χ4n) is 3.52. The zero-order chi connectivity index (χ0) is 19.4. The molecule has 0 radical (unpaired) electrons. The molecule has 0 atom stereocenters. The van der Waals surface area contributed by atoms with E-state index in [0.717, 1.165) is 49.5 Å². The lowest BCUT2D eigenvalue weighted by molar-refractivity contribution is 0.271. The van der Waals surface area contributed by atoms with Crippen molar-refractivity contribution in [3.63, 3.8) is 0 Å². The molecule has 1 aliphatic rings. The van der Waals surface area contributed by atoms with Gasteiger partial charge in [-0.05, 0) is 24.2 Å². The highest BCUT2D eigenvalue weighted by Crippen LogP contribution is 2.40. The minimum absolute atomic E-state index is 0.0463. The average Bonchev–Trinajstić information content (AvgIpc) is 2.73. The summed E-state index contributed by atoms with van der Waals surface area (Å²) in [5.41, 5.74) is 2.72. The zero-order valence-corrected chi connectivity index (χ0v) is 17.1. The quantitative estimate of drug-likeness (QED) is 0.760. The summed E-state index contributed by atoms with van der Waals surface area (Å²) < 4.78 is 31.2. The molecule has 3 rings (SSSR count). The van der Waals surface area contributed by atoms with Crippen molar-refractivity contribution in [3.05, 3.63) is 42.5 Å². The second kappa shape index (κ2) is 8.31. The maximum Gasteiger partial charge on any atom is 0.181 e. The number of hydrogen-bond acceptors (Lipinski definition) is 5. The average molecular weight is 389 g/mol. The number of benzene rings is 2. The largest absolute Gasteiger partial charge is 0.495 e. The summed E-state index contributed by atoms with van der Waals surface area (Å²) in [6.07, 6.45) is 0. The molecule has 1 aliphatic heterocycles. The van der Waals surface area contributed by atoms with Crippen molar-refractivity contribution in [2.24, 2.45) is 0 Å². The molecular formula is C21H28N2O3S. The molecule has 6 heteroatoms. The summed E-state index contributed by atoms with van der Waals surface area (Å²) in [5, 5.41) is 0. The topological polar surface area (TPSA) is 49.9 Å². The van der Waals surface area contributed by atoms with E-state index in [-0.39, 0.29) is 10.6 Å². The van der Waals surface area contributed by atoms with E-state index >= 15 is 0 Å². The van der Waals surface area contributed by atoms with Gasteiger partial charge in [-0.25, -0.2) is 8.42 Å². The molecule has 1 heterocycles. The Hall–Kier alpha value is -2.05. The molecule has 0 aliphatic carbocycles. The Morgan fingerprint density at radius 3 is 2.22 bits per heavy atom. The fourth-order valence-corrected chi connectivity index (χ4v) is 4.61. The van der Waals surface area contributed by atoms with E-state index in [2.05, 4.69) is 22.8 Å². The number of methoxy groups -OCH3 is 1. The van der Waals surface area contributed by atoms with Crippen molar-refractivity contribution in [3.8, 4) is 16.9 Å². The van der Waals surface area contributed by atoms with Crippen LogP contribution in [0.1, 0.15) is 13.8 Å². The van der Waals surface area contributed by atoms with Gasteiger partial charge in [0.1, 0.15) is 10.6 Å². The standard InChI is InChI=1S/C21H28N2O3S/c1-4-22-11-13-23(14-12-22)18-15-19(17-9-7-6-8-10-17)21(26-3)20(16-18)27(24,25)5-2/h6-10,15-16H,4-5,11-14H2,1-3H3. The first kappa shape index (κ1) is 19.7. The Kier molecular flexibility index (Phi) is 6.07. The summed E-state index contributed by atoms with van der Waals surface area (Å²) in [4.78, 5) is 4.95. The maximum atomic E-state index is 12.8. The van der Waals surface area contributed by atoms with E-state index in [4.69, 9.17) is 4.74 Å². The molecular weight excluding hydrogens is 360 g/mol. The van der Waals surface area contributed by atoms with E-state index in [1.54, 1.807) is 13.0 Å². The molecule has 27 heavy (non-hydrogen) atoms. The number of piperazine rings is 1. The Bertz CT molecular complexity index is 874. The second-order valence-corrected chi connectivity index (χ2v) is 8.96. The lowest BCUT2D eigenvalue weighted by atomic mass is 10.0. The van der Waals surface area contributed by atoms with Crippen LogP contribution in [-0.2, 0) is 9.84 Å². The fraction of sp³-hybridized carbons (Fsp3) is 0.429. The van der Waals surface area contributed by atoms with Crippen molar-refractivity contribution < 1.29 is 13.2 Å². The van der Waals surface area contributed by atoms with Gasteiger partial charge in [-0.2, -0.15) is 0 Å². The molecule has 1 saturated heterocycles. The number of anilines is 1. The third-order valence-corrected chi connectivity index (χ3v) is 6.96. The molecule has 0 amide bonds. The number of hydrogen-bond donors (Lipinski definition) is 0. The summed E-state index contributed by atoms with van der Waals surface area (Å²) in [6.45, 7) is 8.63. The van der Waals surface area contributed by atoms with Gasteiger partial charge in [0.15, 0.2) is 9.84 Å². The number of nitrogens with zero attached hydrogens (tertiary/aromatic N) is 2. The highest BCUT2D eigenvalue weighted by molar-refractivity contribution is 7.91.